The topological polar surface area (TPSA) is 81.4 Å². The van der Waals surface area contributed by atoms with Crippen molar-refractivity contribution in [2.75, 3.05) is 0 Å². The average Bonchev–Trinajstić information content (AvgIpc) is 2.66. The van der Waals surface area contributed by atoms with Crippen LogP contribution in [0.15, 0.2) is 45.9 Å². The third kappa shape index (κ3) is 4.11. The van der Waals surface area contributed by atoms with Gasteiger partial charge < -0.3 is 14.5 Å². The van der Waals surface area contributed by atoms with Gasteiger partial charge in [-0.15, -0.1) is 0 Å². The van der Waals surface area contributed by atoms with Crippen LogP contribution in [-0.4, -0.2) is 17.0 Å². The van der Waals surface area contributed by atoms with E-state index in [0.29, 0.717) is 22.7 Å². The molecule has 1 atom stereocenters. The van der Waals surface area contributed by atoms with Crippen molar-refractivity contribution in [3.8, 4) is 5.75 Å². The summed E-state index contributed by atoms with van der Waals surface area (Å²) in [5.74, 6) is -0.00774. The molecule has 2 aromatic heterocycles. The number of nitrogens with one attached hydrogen (secondary N) is 1. The number of ether oxygens (including phenoxy) is 1. The van der Waals surface area contributed by atoms with E-state index in [1.807, 2.05) is 19.1 Å². The van der Waals surface area contributed by atoms with Crippen LogP contribution in [0, 0.1) is 13.8 Å². The highest BCUT2D eigenvalue weighted by atomic mass is 35.5. The number of aromatic nitrogens is 1. The molecule has 1 amide bonds. The number of fused-ring (bicyclic) bond motifs is 1. The summed E-state index contributed by atoms with van der Waals surface area (Å²) in [5.41, 5.74) is 2.24. The molecule has 27 heavy (non-hydrogen) atoms. The fourth-order valence-corrected chi connectivity index (χ4v) is 2.82. The molecule has 0 aliphatic carbocycles. The number of hydrogen-bond donors (Lipinski definition) is 1. The fraction of sp³-hybridized carbons (Fsp3) is 0.250. The van der Waals surface area contributed by atoms with Crippen LogP contribution in [0.4, 0.5) is 0 Å². The number of rotatable bonds is 5. The predicted molar refractivity (Wildman–Crippen MR) is 103 cm³/mol. The van der Waals surface area contributed by atoms with E-state index in [0.717, 1.165) is 16.5 Å². The van der Waals surface area contributed by atoms with Crippen LogP contribution in [-0.2, 0) is 11.3 Å². The van der Waals surface area contributed by atoms with Gasteiger partial charge in [0, 0.05) is 36.0 Å². The maximum atomic E-state index is 12.3. The first-order valence-electron chi connectivity index (χ1n) is 8.43. The summed E-state index contributed by atoms with van der Waals surface area (Å²) in [6.45, 7) is 5.53. The Bertz CT molecular complexity index is 1050. The Morgan fingerprint density at radius 3 is 2.67 bits per heavy atom. The van der Waals surface area contributed by atoms with E-state index < -0.39 is 11.7 Å². The lowest BCUT2D eigenvalue weighted by Gasteiger charge is -2.16. The Kier molecular flexibility index (Phi) is 5.46. The second-order valence-corrected chi connectivity index (χ2v) is 6.66. The second kappa shape index (κ2) is 7.80. The molecular formula is C20H19ClN2O4. The van der Waals surface area contributed by atoms with Crippen LogP contribution in [0.25, 0.3) is 11.0 Å². The molecule has 0 aliphatic rings. The minimum absolute atomic E-state index is 0.280. The summed E-state index contributed by atoms with van der Waals surface area (Å²) in [6, 6.07) is 6.86. The number of carbonyl (C=O) groups excluding carboxylic acids is 1. The minimum Gasteiger partial charge on any atom is -0.479 e. The van der Waals surface area contributed by atoms with Crippen molar-refractivity contribution in [2.45, 2.75) is 33.4 Å². The number of pyridine rings is 1. The van der Waals surface area contributed by atoms with Crippen LogP contribution < -0.4 is 15.7 Å². The zero-order chi connectivity index (χ0) is 19.6. The third-order valence-corrected chi connectivity index (χ3v) is 4.69. The highest BCUT2D eigenvalue weighted by Gasteiger charge is 2.18. The lowest BCUT2D eigenvalue weighted by Crippen LogP contribution is -2.35. The molecule has 1 aromatic carbocycles. The Labute approximate surface area is 161 Å². The van der Waals surface area contributed by atoms with Crippen LogP contribution in [0.3, 0.4) is 0 Å². The molecule has 0 saturated heterocycles. The molecule has 0 unspecified atom stereocenters. The summed E-state index contributed by atoms with van der Waals surface area (Å²) in [4.78, 5) is 28.1. The molecular weight excluding hydrogens is 368 g/mol. The van der Waals surface area contributed by atoms with Crippen molar-refractivity contribution in [1.82, 2.24) is 10.3 Å². The first-order valence-corrected chi connectivity index (χ1v) is 8.81. The normalized spacial score (nSPS) is 12.0. The second-order valence-electron chi connectivity index (χ2n) is 6.25. The van der Waals surface area contributed by atoms with E-state index in [-0.39, 0.29) is 11.7 Å². The number of halogens is 1. The molecule has 0 spiro atoms. The maximum Gasteiger partial charge on any atom is 0.339 e. The van der Waals surface area contributed by atoms with Crippen LogP contribution >= 0.6 is 11.6 Å². The van der Waals surface area contributed by atoms with Crippen molar-refractivity contribution < 1.29 is 13.9 Å². The molecule has 1 N–H and O–H groups in total. The number of amides is 1. The molecule has 2 heterocycles. The van der Waals surface area contributed by atoms with Gasteiger partial charge in [0.1, 0.15) is 11.3 Å². The standard InChI is InChI=1S/C20H19ClN2O4/c1-11-12(2)20(25)27-17-9-18(16(21)8-15(11)17)26-13(3)19(24)23-10-14-4-6-22-7-5-14/h4-9,13H,10H2,1-3H3,(H,23,24)/t13-/m0/s1. The lowest BCUT2D eigenvalue weighted by molar-refractivity contribution is -0.127. The highest BCUT2D eigenvalue weighted by molar-refractivity contribution is 6.32. The zero-order valence-corrected chi connectivity index (χ0v) is 16.0. The van der Waals surface area contributed by atoms with Gasteiger partial charge >= 0.3 is 5.63 Å². The van der Waals surface area contributed by atoms with Gasteiger partial charge in [-0.3, -0.25) is 9.78 Å². The molecule has 3 aromatic rings. The SMILES string of the molecule is Cc1c(C)c2cc(Cl)c(O[C@@H](C)C(=O)NCc3ccncc3)cc2oc1=O. The van der Waals surface area contributed by atoms with Gasteiger partial charge in [0.2, 0.25) is 0 Å². The van der Waals surface area contributed by atoms with Gasteiger partial charge in [-0.05, 0) is 50.1 Å². The van der Waals surface area contributed by atoms with Gasteiger partial charge in [-0.25, -0.2) is 4.79 Å². The third-order valence-electron chi connectivity index (χ3n) is 4.40. The molecule has 0 bridgehead atoms. The number of nitrogens with zero attached hydrogens (tertiary/aromatic N) is 1. The van der Waals surface area contributed by atoms with Crippen molar-refractivity contribution in [2.24, 2.45) is 0 Å². The van der Waals surface area contributed by atoms with E-state index in [9.17, 15) is 9.59 Å². The Morgan fingerprint density at radius 2 is 1.96 bits per heavy atom. The molecule has 3 rings (SSSR count). The van der Waals surface area contributed by atoms with E-state index >= 15 is 0 Å². The predicted octanol–water partition coefficient (Wildman–Crippen LogP) is 3.54. The van der Waals surface area contributed by atoms with Gasteiger partial charge in [0.15, 0.2) is 6.10 Å². The number of hydrogen-bond acceptors (Lipinski definition) is 5. The highest BCUT2D eigenvalue weighted by Crippen LogP contribution is 2.32. The summed E-state index contributed by atoms with van der Waals surface area (Å²) < 4.78 is 11.0. The van der Waals surface area contributed by atoms with E-state index in [4.69, 9.17) is 20.8 Å². The van der Waals surface area contributed by atoms with Gasteiger partial charge in [-0.2, -0.15) is 0 Å². The minimum atomic E-state index is -0.778. The summed E-state index contributed by atoms with van der Waals surface area (Å²) in [5, 5.41) is 3.87. The van der Waals surface area contributed by atoms with Crippen molar-refractivity contribution in [3.05, 3.63) is 68.8 Å². The fourth-order valence-electron chi connectivity index (χ4n) is 2.61. The number of aryl methyl sites for hydroxylation is 1. The van der Waals surface area contributed by atoms with Crippen LogP contribution in [0.5, 0.6) is 5.75 Å². The van der Waals surface area contributed by atoms with Gasteiger partial charge in [-0.1, -0.05) is 11.6 Å². The lowest BCUT2D eigenvalue weighted by atomic mass is 10.1. The molecule has 0 radical (unpaired) electrons. The zero-order valence-electron chi connectivity index (χ0n) is 15.2. The van der Waals surface area contributed by atoms with Crippen molar-refractivity contribution in [3.63, 3.8) is 0 Å². The Balaban J connectivity index is 1.77. The molecule has 140 valence electrons. The average molecular weight is 387 g/mol. The number of carbonyl (C=O) groups is 1. The first kappa shape index (κ1) is 18.9. The molecule has 0 saturated carbocycles. The summed E-state index contributed by atoms with van der Waals surface area (Å²) in [6.07, 6.45) is 2.54. The Morgan fingerprint density at radius 1 is 1.26 bits per heavy atom. The van der Waals surface area contributed by atoms with E-state index in [1.54, 1.807) is 32.3 Å². The summed E-state index contributed by atoms with van der Waals surface area (Å²) >= 11 is 6.31. The Hall–Kier alpha value is -2.86. The van der Waals surface area contributed by atoms with Crippen molar-refractivity contribution in [1.29, 1.82) is 0 Å². The maximum absolute atomic E-state index is 12.3. The van der Waals surface area contributed by atoms with Gasteiger partial charge in [0.25, 0.3) is 5.91 Å². The van der Waals surface area contributed by atoms with E-state index in [1.165, 1.54) is 6.07 Å². The van der Waals surface area contributed by atoms with Crippen LogP contribution in [0.2, 0.25) is 5.02 Å². The van der Waals surface area contributed by atoms with Crippen molar-refractivity contribution >= 4 is 28.5 Å². The molecule has 6 nitrogen and oxygen atoms in total. The van der Waals surface area contributed by atoms with E-state index in [2.05, 4.69) is 10.3 Å². The molecule has 0 fully saturated rings. The monoisotopic (exact) mass is 386 g/mol. The largest absolute Gasteiger partial charge is 0.479 e. The summed E-state index contributed by atoms with van der Waals surface area (Å²) in [7, 11) is 0. The van der Waals surface area contributed by atoms with Crippen LogP contribution in [0.1, 0.15) is 23.6 Å². The number of benzene rings is 1. The molecule has 7 heteroatoms. The molecule has 0 aliphatic heterocycles. The quantitative estimate of drug-likeness (QED) is 0.678. The smallest absolute Gasteiger partial charge is 0.339 e. The first-order chi connectivity index (χ1) is 12.9. The van der Waals surface area contributed by atoms with Gasteiger partial charge in [0.05, 0.1) is 5.02 Å².